The van der Waals surface area contributed by atoms with Crippen LogP contribution in [0.5, 0.6) is 0 Å². The summed E-state index contributed by atoms with van der Waals surface area (Å²) in [5.41, 5.74) is 6.50. The van der Waals surface area contributed by atoms with Crippen molar-refractivity contribution in [3.8, 4) is 0 Å². The third kappa shape index (κ3) is 3.21. The Morgan fingerprint density at radius 3 is 2.53 bits per heavy atom. The molecule has 1 aliphatic carbocycles. The number of piperidine rings is 1. The monoisotopic (exact) mass is 239 g/mol. The molecule has 1 aliphatic heterocycles. The van der Waals surface area contributed by atoms with Crippen molar-refractivity contribution < 1.29 is 0 Å². The second kappa shape index (κ2) is 5.68. The van der Waals surface area contributed by atoms with E-state index < -0.39 is 0 Å². The highest BCUT2D eigenvalue weighted by atomic mass is 15.2. The molecule has 17 heavy (non-hydrogen) atoms. The van der Waals surface area contributed by atoms with E-state index in [4.69, 9.17) is 5.73 Å². The summed E-state index contributed by atoms with van der Waals surface area (Å²) in [7, 11) is 4.42. The lowest BCUT2D eigenvalue weighted by molar-refractivity contribution is 0.0886. The Morgan fingerprint density at radius 2 is 1.94 bits per heavy atom. The van der Waals surface area contributed by atoms with Gasteiger partial charge >= 0.3 is 0 Å². The van der Waals surface area contributed by atoms with Crippen LogP contribution in [0.3, 0.4) is 0 Å². The first kappa shape index (κ1) is 13.3. The van der Waals surface area contributed by atoms with E-state index in [0.29, 0.717) is 5.41 Å². The van der Waals surface area contributed by atoms with Gasteiger partial charge in [-0.3, -0.25) is 0 Å². The molecule has 0 aromatic heterocycles. The molecule has 1 atom stereocenters. The minimum Gasteiger partial charge on any atom is -0.330 e. The van der Waals surface area contributed by atoms with E-state index >= 15 is 0 Å². The zero-order chi connectivity index (χ0) is 12.3. The van der Waals surface area contributed by atoms with Gasteiger partial charge in [0.2, 0.25) is 0 Å². The summed E-state index contributed by atoms with van der Waals surface area (Å²) in [6.45, 7) is 4.66. The second-order valence-corrected chi connectivity index (χ2v) is 6.41. The van der Waals surface area contributed by atoms with Gasteiger partial charge in [0, 0.05) is 19.1 Å². The summed E-state index contributed by atoms with van der Waals surface area (Å²) in [6, 6.07) is 0.750. The van der Waals surface area contributed by atoms with Crippen LogP contribution < -0.4 is 5.73 Å². The topological polar surface area (TPSA) is 32.5 Å². The van der Waals surface area contributed by atoms with Crippen molar-refractivity contribution >= 4 is 0 Å². The van der Waals surface area contributed by atoms with E-state index in [-0.39, 0.29) is 0 Å². The Balaban J connectivity index is 1.89. The number of likely N-dealkylation sites (tertiary alicyclic amines) is 1. The molecule has 100 valence electrons. The van der Waals surface area contributed by atoms with E-state index in [1.165, 1.54) is 58.2 Å². The van der Waals surface area contributed by atoms with E-state index in [1.807, 2.05) is 0 Å². The number of likely N-dealkylation sites (N-methyl/N-ethyl adjacent to an activating group) is 1. The summed E-state index contributed by atoms with van der Waals surface area (Å²) in [4.78, 5) is 5.06. The Bertz CT molecular complexity index is 234. The summed E-state index contributed by atoms with van der Waals surface area (Å²) >= 11 is 0. The number of nitrogens with zero attached hydrogens (tertiary/aromatic N) is 2. The van der Waals surface area contributed by atoms with E-state index in [0.717, 1.165) is 12.6 Å². The van der Waals surface area contributed by atoms with Gasteiger partial charge in [-0.25, -0.2) is 0 Å². The zero-order valence-electron chi connectivity index (χ0n) is 11.6. The molecule has 3 nitrogen and oxygen atoms in total. The number of hydrogen-bond acceptors (Lipinski definition) is 3. The normalized spacial score (nSPS) is 30.0. The van der Waals surface area contributed by atoms with E-state index in [2.05, 4.69) is 23.9 Å². The van der Waals surface area contributed by atoms with Gasteiger partial charge in [0.25, 0.3) is 0 Å². The summed E-state index contributed by atoms with van der Waals surface area (Å²) in [6.07, 6.45) is 8.20. The second-order valence-electron chi connectivity index (χ2n) is 6.41. The van der Waals surface area contributed by atoms with Crippen LogP contribution in [0.2, 0.25) is 0 Å². The number of rotatable bonds is 4. The van der Waals surface area contributed by atoms with Crippen molar-refractivity contribution in [3.05, 3.63) is 0 Å². The highest BCUT2D eigenvalue weighted by Gasteiger charge is 2.35. The van der Waals surface area contributed by atoms with Crippen LogP contribution in [-0.4, -0.2) is 56.1 Å². The maximum atomic E-state index is 6.04. The highest BCUT2D eigenvalue weighted by molar-refractivity contribution is 4.90. The lowest BCUT2D eigenvalue weighted by Gasteiger charge is -2.41. The molecule has 2 rings (SSSR count). The Labute approximate surface area is 106 Å². The van der Waals surface area contributed by atoms with Gasteiger partial charge in [-0.15, -0.1) is 0 Å². The Morgan fingerprint density at radius 1 is 1.24 bits per heavy atom. The van der Waals surface area contributed by atoms with Gasteiger partial charge in [-0.2, -0.15) is 0 Å². The molecule has 0 radical (unpaired) electrons. The van der Waals surface area contributed by atoms with Gasteiger partial charge in [0.1, 0.15) is 0 Å². The molecule has 3 heteroatoms. The third-order valence-electron chi connectivity index (χ3n) is 4.87. The van der Waals surface area contributed by atoms with Gasteiger partial charge in [0.15, 0.2) is 0 Å². The maximum Gasteiger partial charge on any atom is 0.0217 e. The molecule has 1 saturated heterocycles. The van der Waals surface area contributed by atoms with Gasteiger partial charge in [-0.05, 0) is 58.3 Å². The van der Waals surface area contributed by atoms with Crippen LogP contribution in [-0.2, 0) is 0 Å². The van der Waals surface area contributed by atoms with Crippen LogP contribution >= 0.6 is 0 Å². The fourth-order valence-electron chi connectivity index (χ4n) is 3.62. The first-order valence-electron chi connectivity index (χ1n) is 7.24. The SMILES string of the molecule is CN(C)C1CCCN(CC2(CN)CCCC2)C1. The van der Waals surface area contributed by atoms with Crippen molar-refractivity contribution in [2.75, 3.05) is 40.3 Å². The molecule has 2 aliphatic rings. The largest absolute Gasteiger partial charge is 0.330 e. The molecule has 1 saturated carbocycles. The molecule has 0 aromatic carbocycles. The Hall–Kier alpha value is -0.120. The molecule has 0 amide bonds. The molecule has 0 spiro atoms. The molecule has 0 aromatic rings. The first-order valence-corrected chi connectivity index (χ1v) is 7.24. The quantitative estimate of drug-likeness (QED) is 0.807. The first-order chi connectivity index (χ1) is 8.15. The van der Waals surface area contributed by atoms with Gasteiger partial charge in [-0.1, -0.05) is 12.8 Å². The minimum atomic E-state index is 0.453. The van der Waals surface area contributed by atoms with Gasteiger partial charge in [0.05, 0.1) is 0 Å². The van der Waals surface area contributed by atoms with Crippen LogP contribution in [0.25, 0.3) is 0 Å². The maximum absolute atomic E-state index is 6.04. The lowest BCUT2D eigenvalue weighted by atomic mass is 9.85. The molecule has 1 unspecified atom stereocenters. The summed E-state index contributed by atoms with van der Waals surface area (Å²) in [5.74, 6) is 0. The van der Waals surface area contributed by atoms with E-state index in [1.54, 1.807) is 0 Å². The standard InChI is InChI=1S/C14H29N3/c1-16(2)13-6-5-9-17(10-13)12-14(11-15)7-3-4-8-14/h13H,3-12,15H2,1-2H3. The van der Waals surface area contributed by atoms with Gasteiger partial charge < -0.3 is 15.5 Å². The average Bonchev–Trinajstić information content (AvgIpc) is 2.78. The van der Waals surface area contributed by atoms with Crippen LogP contribution in [0.4, 0.5) is 0 Å². The van der Waals surface area contributed by atoms with E-state index in [9.17, 15) is 0 Å². The van der Waals surface area contributed by atoms with Crippen LogP contribution in [0.15, 0.2) is 0 Å². The summed E-state index contributed by atoms with van der Waals surface area (Å²) < 4.78 is 0. The summed E-state index contributed by atoms with van der Waals surface area (Å²) in [5, 5.41) is 0. The van der Waals surface area contributed by atoms with Crippen LogP contribution in [0, 0.1) is 5.41 Å². The predicted octanol–water partition coefficient (Wildman–Crippen LogP) is 1.53. The Kier molecular flexibility index (Phi) is 4.45. The molecule has 1 heterocycles. The zero-order valence-corrected chi connectivity index (χ0v) is 11.6. The van der Waals surface area contributed by atoms with Crippen molar-refractivity contribution in [1.29, 1.82) is 0 Å². The molecular weight excluding hydrogens is 210 g/mol. The fraction of sp³-hybridized carbons (Fsp3) is 1.00. The molecule has 2 N–H and O–H groups in total. The number of hydrogen-bond donors (Lipinski definition) is 1. The third-order valence-corrected chi connectivity index (χ3v) is 4.87. The smallest absolute Gasteiger partial charge is 0.0217 e. The van der Waals surface area contributed by atoms with Crippen molar-refractivity contribution in [1.82, 2.24) is 9.80 Å². The average molecular weight is 239 g/mol. The molecular formula is C14H29N3. The fourth-order valence-corrected chi connectivity index (χ4v) is 3.62. The highest BCUT2D eigenvalue weighted by Crippen LogP contribution is 2.38. The number of nitrogens with two attached hydrogens (primary N) is 1. The van der Waals surface area contributed by atoms with Crippen molar-refractivity contribution in [3.63, 3.8) is 0 Å². The molecule has 0 bridgehead atoms. The lowest BCUT2D eigenvalue weighted by Crippen LogP contribution is -2.49. The van der Waals surface area contributed by atoms with Crippen LogP contribution in [0.1, 0.15) is 38.5 Å². The van der Waals surface area contributed by atoms with Crippen molar-refractivity contribution in [2.45, 2.75) is 44.6 Å². The minimum absolute atomic E-state index is 0.453. The predicted molar refractivity (Wildman–Crippen MR) is 73.1 cm³/mol. The molecule has 2 fully saturated rings. The van der Waals surface area contributed by atoms with Crippen molar-refractivity contribution in [2.24, 2.45) is 11.1 Å².